The van der Waals surface area contributed by atoms with Crippen LogP contribution in [0.2, 0.25) is 4.34 Å². The van der Waals surface area contributed by atoms with Gasteiger partial charge in [0.25, 0.3) is 0 Å². The van der Waals surface area contributed by atoms with Crippen LogP contribution in [0.25, 0.3) is 0 Å². The van der Waals surface area contributed by atoms with Gasteiger partial charge in [0.15, 0.2) is 4.88 Å². The van der Waals surface area contributed by atoms with Crippen LogP contribution in [0.3, 0.4) is 0 Å². The van der Waals surface area contributed by atoms with Gasteiger partial charge in [0.05, 0.1) is 36.7 Å². The molecule has 2 fully saturated rings. The fourth-order valence-corrected chi connectivity index (χ4v) is 4.49. The number of halogens is 1. The van der Waals surface area contributed by atoms with Crippen LogP contribution < -0.4 is 4.74 Å². The summed E-state index contributed by atoms with van der Waals surface area (Å²) >= 11 is 7.17. The second kappa shape index (κ2) is 7.85. The number of methoxy groups -OCH3 is 1. The lowest BCUT2D eigenvalue weighted by molar-refractivity contribution is -0.0994. The predicted octanol–water partition coefficient (Wildman–Crippen LogP) is 3.73. The Bertz CT molecular complexity index is 701. The van der Waals surface area contributed by atoms with Crippen LogP contribution in [0.4, 0.5) is 4.79 Å². The van der Waals surface area contributed by atoms with E-state index in [1.54, 1.807) is 11.0 Å². The Kier molecular flexibility index (Phi) is 5.88. The third-order valence-electron chi connectivity index (χ3n) is 4.41. The van der Waals surface area contributed by atoms with Crippen LogP contribution in [0, 0.1) is 0 Å². The molecule has 1 aromatic rings. The largest absolute Gasteiger partial charge is 0.488 e. The summed E-state index contributed by atoms with van der Waals surface area (Å²) in [5, 5.41) is 0. The number of esters is 1. The van der Waals surface area contributed by atoms with Crippen LogP contribution in [-0.4, -0.2) is 61.1 Å². The van der Waals surface area contributed by atoms with Crippen LogP contribution in [0.5, 0.6) is 5.75 Å². The molecule has 3 rings (SSSR count). The fraction of sp³-hybridized carbons (Fsp3) is 0.667. The van der Waals surface area contributed by atoms with Gasteiger partial charge in [-0.3, -0.25) is 4.90 Å². The van der Waals surface area contributed by atoms with Gasteiger partial charge >= 0.3 is 12.1 Å². The second-order valence-corrected chi connectivity index (χ2v) is 9.36. The van der Waals surface area contributed by atoms with E-state index in [9.17, 15) is 9.59 Å². The van der Waals surface area contributed by atoms with Crippen molar-refractivity contribution in [3.63, 3.8) is 0 Å². The molecule has 2 saturated heterocycles. The van der Waals surface area contributed by atoms with E-state index in [4.69, 9.17) is 30.5 Å². The molecule has 0 spiro atoms. The highest BCUT2D eigenvalue weighted by Gasteiger charge is 2.44. The maximum absolute atomic E-state index is 12.6. The van der Waals surface area contributed by atoms with E-state index in [1.807, 2.05) is 20.8 Å². The minimum atomic E-state index is -0.553. The Labute approximate surface area is 167 Å². The van der Waals surface area contributed by atoms with E-state index >= 15 is 0 Å². The van der Waals surface area contributed by atoms with Gasteiger partial charge in [-0.1, -0.05) is 11.6 Å². The summed E-state index contributed by atoms with van der Waals surface area (Å²) in [5.41, 5.74) is -0.553. The zero-order valence-electron chi connectivity index (χ0n) is 15.8. The first-order valence-electron chi connectivity index (χ1n) is 8.81. The van der Waals surface area contributed by atoms with Gasteiger partial charge in [-0.2, -0.15) is 0 Å². The molecular weight excluding hydrogens is 394 g/mol. The molecule has 150 valence electrons. The molecule has 0 N–H and O–H groups in total. The van der Waals surface area contributed by atoms with Crippen molar-refractivity contribution in [1.82, 2.24) is 4.90 Å². The smallest absolute Gasteiger partial charge is 0.410 e. The molecule has 2 atom stereocenters. The number of carbonyl (C=O) groups is 2. The molecule has 27 heavy (non-hydrogen) atoms. The Morgan fingerprint density at radius 2 is 1.89 bits per heavy atom. The van der Waals surface area contributed by atoms with Gasteiger partial charge in [-0.05, 0) is 20.8 Å². The quantitative estimate of drug-likeness (QED) is 0.697. The van der Waals surface area contributed by atoms with Crippen molar-refractivity contribution in [3.05, 3.63) is 15.3 Å². The van der Waals surface area contributed by atoms with Gasteiger partial charge in [-0.15, -0.1) is 11.3 Å². The van der Waals surface area contributed by atoms with Crippen LogP contribution in [0.15, 0.2) is 6.07 Å². The third kappa shape index (κ3) is 4.67. The van der Waals surface area contributed by atoms with E-state index in [0.717, 1.165) is 11.3 Å². The summed E-state index contributed by atoms with van der Waals surface area (Å²) in [6.45, 7) is 6.42. The first-order valence-corrected chi connectivity index (χ1v) is 10.0. The van der Waals surface area contributed by atoms with E-state index in [0.29, 0.717) is 41.0 Å². The summed E-state index contributed by atoms with van der Waals surface area (Å²) in [4.78, 5) is 26.6. The molecule has 0 aromatic carbocycles. The summed E-state index contributed by atoms with van der Waals surface area (Å²) < 4.78 is 22.5. The van der Waals surface area contributed by atoms with Crippen molar-refractivity contribution in [2.24, 2.45) is 0 Å². The average molecular weight is 418 g/mol. The summed E-state index contributed by atoms with van der Waals surface area (Å²) in [7, 11) is 1.32. The molecule has 0 radical (unpaired) electrons. The van der Waals surface area contributed by atoms with Gasteiger partial charge in [0.2, 0.25) is 0 Å². The van der Waals surface area contributed by atoms with E-state index in [1.165, 1.54) is 7.11 Å². The molecule has 2 aliphatic rings. The molecule has 2 unspecified atom stereocenters. The summed E-state index contributed by atoms with van der Waals surface area (Å²) in [6, 6.07) is 1.37. The number of rotatable bonds is 3. The number of ether oxygens (including phenoxy) is 4. The SMILES string of the molecule is COC(=O)c1sc(Cl)cc1OC1CC2COCC(C1)N2C(=O)OC(C)(C)C. The molecule has 2 bridgehead atoms. The number of hydrogen-bond acceptors (Lipinski definition) is 7. The van der Waals surface area contributed by atoms with Gasteiger partial charge in [0, 0.05) is 18.9 Å². The minimum absolute atomic E-state index is 0.131. The summed E-state index contributed by atoms with van der Waals surface area (Å²) in [5.74, 6) is -0.0526. The Balaban J connectivity index is 1.72. The van der Waals surface area contributed by atoms with Crippen LogP contribution in [-0.2, 0) is 14.2 Å². The molecule has 1 amide bonds. The average Bonchev–Trinajstić information content (AvgIpc) is 2.92. The zero-order chi connectivity index (χ0) is 19.8. The molecule has 0 saturated carbocycles. The molecule has 7 nitrogen and oxygen atoms in total. The van der Waals surface area contributed by atoms with Gasteiger partial charge in [-0.25, -0.2) is 9.59 Å². The molecule has 3 heterocycles. The van der Waals surface area contributed by atoms with Crippen molar-refractivity contribution in [2.75, 3.05) is 20.3 Å². The summed E-state index contributed by atoms with van der Waals surface area (Å²) in [6.07, 6.45) is 0.693. The van der Waals surface area contributed by atoms with E-state index in [-0.39, 0.29) is 24.3 Å². The number of thiophene rings is 1. The Morgan fingerprint density at radius 1 is 1.26 bits per heavy atom. The van der Waals surface area contributed by atoms with Crippen molar-refractivity contribution in [3.8, 4) is 5.75 Å². The van der Waals surface area contributed by atoms with E-state index < -0.39 is 11.6 Å². The maximum atomic E-state index is 12.6. The minimum Gasteiger partial charge on any atom is -0.488 e. The predicted molar refractivity (Wildman–Crippen MR) is 101 cm³/mol. The normalized spacial score (nSPS) is 25.1. The van der Waals surface area contributed by atoms with Crippen molar-refractivity contribution < 1.29 is 28.5 Å². The highest BCUT2D eigenvalue weighted by Crippen LogP contribution is 2.37. The molecule has 1 aromatic heterocycles. The lowest BCUT2D eigenvalue weighted by Gasteiger charge is -2.47. The fourth-order valence-electron chi connectivity index (χ4n) is 3.42. The number of fused-ring (bicyclic) bond motifs is 2. The van der Waals surface area contributed by atoms with E-state index in [2.05, 4.69) is 0 Å². The first kappa shape index (κ1) is 20.2. The second-order valence-electron chi connectivity index (χ2n) is 7.68. The Morgan fingerprint density at radius 3 is 2.44 bits per heavy atom. The topological polar surface area (TPSA) is 74.3 Å². The van der Waals surface area contributed by atoms with Crippen LogP contribution in [0.1, 0.15) is 43.3 Å². The number of piperidine rings is 1. The molecule has 0 aliphatic carbocycles. The number of nitrogens with zero attached hydrogens (tertiary/aromatic N) is 1. The van der Waals surface area contributed by atoms with Gasteiger partial charge in [0.1, 0.15) is 17.5 Å². The molecule has 2 aliphatic heterocycles. The van der Waals surface area contributed by atoms with Crippen molar-refractivity contribution >= 4 is 35.0 Å². The first-order chi connectivity index (χ1) is 12.7. The van der Waals surface area contributed by atoms with Crippen LogP contribution >= 0.6 is 22.9 Å². The van der Waals surface area contributed by atoms with Gasteiger partial charge < -0.3 is 18.9 Å². The standard InChI is InChI=1S/C18H24ClNO6S/c1-18(2,3)26-17(22)20-10-5-12(6-11(20)9-24-8-10)25-13-7-14(19)27-15(13)16(21)23-4/h7,10-12H,5-6,8-9H2,1-4H3. The number of hydrogen-bond donors (Lipinski definition) is 0. The lowest BCUT2D eigenvalue weighted by atomic mass is 9.92. The highest BCUT2D eigenvalue weighted by atomic mass is 35.5. The number of carbonyl (C=O) groups excluding carboxylic acids is 2. The molecule has 9 heteroatoms. The van der Waals surface area contributed by atoms with Crippen molar-refractivity contribution in [2.45, 2.75) is 57.4 Å². The highest BCUT2D eigenvalue weighted by molar-refractivity contribution is 7.18. The molecular formula is C18H24ClNO6S. The maximum Gasteiger partial charge on any atom is 0.410 e. The third-order valence-corrected chi connectivity index (χ3v) is 5.64. The zero-order valence-corrected chi connectivity index (χ0v) is 17.4. The lowest BCUT2D eigenvalue weighted by Crippen LogP contribution is -2.61. The van der Waals surface area contributed by atoms with Crippen molar-refractivity contribution in [1.29, 1.82) is 0 Å². The Hall–Kier alpha value is -1.51. The number of morpholine rings is 1. The monoisotopic (exact) mass is 417 g/mol. The number of amides is 1.